The van der Waals surface area contributed by atoms with Crippen LogP contribution in [-0.4, -0.2) is 6.54 Å². The molecule has 0 saturated heterocycles. The molecular weight excluding hydrogens is 325 g/mol. The van der Waals surface area contributed by atoms with E-state index in [0.29, 0.717) is 4.47 Å². The lowest BCUT2D eigenvalue weighted by Crippen LogP contribution is -2.24. The van der Waals surface area contributed by atoms with Crippen LogP contribution in [0, 0.1) is 5.82 Å². The van der Waals surface area contributed by atoms with E-state index < -0.39 is 0 Å². The van der Waals surface area contributed by atoms with Gasteiger partial charge in [0.05, 0.1) is 4.47 Å². The van der Waals surface area contributed by atoms with Gasteiger partial charge in [-0.05, 0) is 52.0 Å². The van der Waals surface area contributed by atoms with Crippen molar-refractivity contribution in [3.05, 3.63) is 56.4 Å². The Morgan fingerprint density at radius 3 is 2.84 bits per heavy atom. The topological polar surface area (TPSA) is 12.0 Å². The minimum atomic E-state index is -0.202. The van der Waals surface area contributed by atoms with Crippen LogP contribution in [0.2, 0.25) is 0 Å². The third-order valence-corrected chi connectivity index (χ3v) is 4.72. The highest BCUT2D eigenvalue weighted by Gasteiger charge is 2.16. The van der Waals surface area contributed by atoms with E-state index in [1.54, 1.807) is 17.4 Å². The molecule has 0 fully saturated rings. The highest BCUT2D eigenvalue weighted by Crippen LogP contribution is 2.29. The van der Waals surface area contributed by atoms with E-state index in [9.17, 15) is 4.39 Å². The van der Waals surface area contributed by atoms with Gasteiger partial charge < -0.3 is 5.32 Å². The Balaban J connectivity index is 2.23. The summed E-state index contributed by atoms with van der Waals surface area (Å²) in [5, 5.41) is 5.58. The monoisotopic (exact) mass is 341 g/mol. The van der Waals surface area contributed by atoms with Crippen LogP contribution in [0.3, 0.4) is 0 Å². The van der Waals surface area contributed by atoms with Gasteiger partial charge in [-0.25, -0.2) is 4.39 Å². The maximum atomic E-state index is 13.7. The molecule has 19 heavy (non-hydrogen) atoms. The SMILES string of the molecule is CCCNC(Cc1cccs1)c1cccc(F)c1Br. The second kappa shape index (κ2) is 7.17. The number of thiophene rings is 1. The predicted molar refractivity (Wildman–Crippen MR) is 83.2 cm³/mol. The number of nitrogens with one attached hydrogen (secondary N) is 1. The van der Waals surface area contributed by atoms with Gasteiger partial charge in [0.25, 0.3) is 0 Å². The molecule has 1 heterocycles. The highest BCUT2D eigenvalue weighted by atomic mass is 79.9. The van der Waals surface area contributed by atoms with Crippen molar-refractivity contribution in [3.63, 3.8) is 0 Å². The Labute approximate surface area is 126 Å². The maximum Gasteiger partial charge on any atom is 0.137 e. The standard InChI is InChI=1S/C15H17BrFNS/c1-2-8-18-14(10-11-5-4-9-19-11)12-6-3-7-13(17)15(12)16/h3-7,9,14,18H,2,8,10H2,1H3. The number of rotatable bonds is 6. The van der Waals surface area contributed by atoms with Crippen molar-refractivity contribution < 1.29 is 4.39 Å². The van der Waals surface area contributed by atoms with Crippen LogP contribution in [-0.2, 0) is 6.42 Å². The minimum Gasteiger partial charge on any atom is -0.310 e. The maximum absolute atomic E-state index is 13.7. The van der Waals surface area contributed by atoms with Gasteiger partial charge in [0.15, 0.2) is 0 Å². The van der Waals surface area contributed by atoms with E-state index in [1.807, 2.05) is 6.07 Å². The molecule has 102 valence electrons. The molecule has 1 atom stereocenters. The molecule has 0 aliphatic carbocycles. The van der Waals surface area contributed by atoms with Gasteiger partial charge in [0, 0.05) is 17.3 Å². The molecule has 1 aromatic carbocycles. The van der Waals surface area contributed by atoms with E-state index in [1.165, 1.54) is 10.9 Å². The summed E-state index contributed by atoms with van der Waals surface area (Å²) >= 11 is 5.11. The summed E-state index contributed by atoms with van der Waals surface area (Å²) in [5.74, 6) is -0.202. The van der Waals surface area contributed by atoms with Gasteiger partial charge in [-0.1, -0.05) is 25.1 Å². The summed E-state index contributed by atoms with van der Waals surface area (Å²) in [6, 6.07) is 9.55. The molecule has 0 spiro atoms. The van der Waals surface area contributed by atoms with Crippen molar-refractivity contribution in [3.8, 4) is 0 Å². The summed E-state index contributed by atoms with van der Waals surface area (Å²) < 4.78 is 14.2. The van der Waals surface area contributed by atoms with Crippen LogP contribution in [0.15, 0.2) is 40.2 Å². The first-order valence-electron chi connectivity index (χ1n) is 6.42. The molecule has 1 N–H and O–H groups in total. The van der Waals surface area contributed by atoms with Crippen LogP contribution in [0.1, 0.15) is 29.8 Å². The van der Waals surface area contributed by atoms with Gasteiger partial charge in [0.1, 0.15) is 5.82 Å². The average Bonchev–Trinajstić information content (AvgIpc) is 2.91. The fraction of sp³-hybridized carbons (Fsp3) is 0.333. The third kappa shape index (κ3) is 3.88. The summed E-state index contributed by atoms with van der Waals surface area (Å²) in [6.45, 7) is 3.06. The summed E-state index contributed by atoms with van der Waals surface area (Å²) in [6.07, 6.45) is 1.95. The van der Waals surface area contributed by atoms with Crippen LogP contribution >= 0.6 is 27.3 Å². The zero-order valence-electron chi connectivity index (χ0n) is 10.8. The van der Waals surface area contributed by atoms with Crippen molar-refractivity contribution in [2.24, 2.45) is 0 Å². The minimum absolute atomic E-state index is 0.142. The Bertz CT molecular complexity index is 513. The Hall–Kier alpha value is -0.710. The molecule has 0 aliphatic rings. The lowest BCUT2D eigenvalue weighted by molar-refractivity contribution is 0.524. The molecule has 1 aromatic heterocycles. The zero-order valence-corrected chi connectivity index (χ0v) is 13.2. The molecule has 4 heteroatoms. The van der Waals surface area contributed by atoms with Crippen LogP contribution in [0.4, 0.5) is 4.39 Å². The van der Waals surface area contributed by atoms with Crippen LogP contribution in [0.25, 0.3) is 0 Å². The van der Waals surface area contributed by atoms with Crippen molar-refractivity contribution in [2.75, 3.05) is 6.54 Å². The molecule has 1 unspecified atom stereocenters. The first kappa shape index (κ1) is 14.7. The molecule has 0 amide bonds. The molecule has 2 rings (SSSR count). The molecule has 2 aromatic rings. The quantitative estimate of drug-likeness (QED) is 0.785. The normalized spacial score (nSPS) is 12.6. The van der Waals surface area contributed by atoms with Crippen molar-refractivity contribution in [1.82, 2.24) is 5.32 Å². The summed E-state index contributed by atoms with van der Waals surface area (Å²) in [5.41, 5.74) is 0.988. The zero-order chi connectivity index (χ0) is 13.7. The first-order chi connectivity index (χ1) is 9.22. The number of halogens is 2. The first-order valence-corrected chi connectivity index (χ1v) is 8.09. The van der Waals surface area contributed by atoms with Gasteiger partial charge in [-0.15, -0.1) is 11.3 Å². The Kier molecular flexibility index (Phi) is 5.55. The van der Waals surface area contributed by atoms with E-state index in [2.05, 4.69) is 45.7 Å². The largest absolute Gasteiger partial charge is 0.310 e. The smallest absolute Gasteiger partial charge is 0.137 e. The van der Waals surface area contributed by atoms with Crippen LogP contribution in [0.5, 0.6) is 0 Å². The molecule has 1 nitrogen and oxygen atoms in total. The third-order valence-electron chi connectivity index (χ3n) is 2.98. The van der Waals surface area contributed by atoms with Crippen molar-refractivity contribution >= 4 is 27.3 Å². The van der Waals surface area contributed by atoms with E-state index in [4.69, 9.17) is 0 Å². The predicted octanol–water partition coefficient (Wildman–Crippen LogP) is 4.93. The van der Waals surface area contributed by atoms with Crippen molar-refractivity contribution in [2.45, 2.75) is 25.8 Å². The van der Waals surface area contributed by atoms with E-state index in [0.717, 1.165) is 24.9 Å². The number of hydrogen-bond acceptors (Lipinski definition) is 2. The van der Waals surface area contributed by atoms with Gasteiger partial charge in [0.2, 0.25) is 0 Å². The Morgan fingerprint density at radius 1 is 1.32 bits per heavy atom. The van der Waals surface area contributed by atoms with Gasteiger partial charge >= 0.3 is 0 Å². The van der Waals surface area contributed by atoms with E-state index in [-0.39, 0.29) is 11.9 Å². The molecule has 0 saturated carbocycles. The average molecular weight is 342 g/mol. The van der Waals surface area contributed by atoms with Gasteiger partial charge in [-0.2, -0.15) is 0 Å². The number of hydrogen-bond donors (Lipinski definition) is 1. The molecule has 0 bridgehead atoms. The number of benzene rings is 1. The lowest BCUT2D eigenvalue weighted by Gasteiger charge is -2.20. The fourth-order valence-corrected chi connectivity index (χ4v) is 3.32. The van der Waals surface area contributed by atoms with E-state index >= 15 is 0 Å². The molecule has 0 radical (unpaired) electrons. The highest BCUT2D eigenvalue weighted by molar-refractivity contribution is 9.10. The fourth-order valence-electron chi connectivity index (χ4n) is 2.03. The second-order valence-electron chi connectivity index (χ2n) is 4.43. The summed E-state index contributed by atoms with van der Waals surface area (Å²) in [7, 11) is 0. The molecule has 0 aliphatic heterocycles. The summed E-state index contributed by atoms with van der Waals surface area (Å²) in [4.78, 5) is 1.31. The van der Waals surface area contributed by atoms with Crippen molar-refractivity contribution in [1.29, 1.82) is 0 Å². The molecular formula is C15H17BrFNS. The van der Waals surface area contributed by atoms with Gasteiger partial charge in [-0.3, -0.25) is 0 Å². The lowest BCUT2D eigenvalue weighted by atomic mass is 10.0. The Morgan fingerprint density at radius 2 is 2.16 bits per heavy atom. The second-order valence-corrected chi connectivity index (χ2v) is 6.26. The van der Waals surface area contributed by atoms with Crippen LogP contribution < -0.4 is 5.32 Å².